The Morgan fingerprint density at radius 1 is 1.12 bits per heavy atom. The number of oxazole rings is 1. The molecule has 2 fully saturated rings. The van der Waals surface area contributed by atoms with E-state index in [0.717, 1.165) is 70.3 Å². The number of amides is 1. The highest BCUT2D eigenvalue weighted by Crippen LogP contribution is 2.15. The number of piperazine rings is 1. The lowest BCUT2D eigenvalue weighted by molar-refractivity contribution is -0.137. The molecule has 1 aromatic heterocycles. The number of hydrogen-bond acceptors (Lipinski definition) is 5. The van der Waals surface area contributed by atoms with Crippen LogP contribution < -0.4 is 0 Å². The standard InChI is InChI=1S/C18H30N4O2/c1-15-13-19-17(24-15)14-20-9-11-21(12-10-20)16(2)18(23)22-7-5-3-4-6-8-22/h13,16H,3-12,14H2,1-2H3/t16-/m0/s1. The van der Waals surface area contributed by atoms with E-state index >= 15 is 0 Å². The summed E-state index contributed by atoms with van der Waals surface area (Å²) in [5, 5.41) is 0. The number of likely N-dealkylation sites (tertiary alicyclic amines) is 1. The van der Waals surface area contributed by atoms with Crippen LogP contribution in [0.1, 0.15) is 44.3 Å². The Morgan fingerprint density at radius 3 is 2.38 bits per heavy atom. The molecule has 3 heterocycles. The minimum Gasteiger partial charge on any atom is -0.445 e. The van der Waals surface area contributed by atoms with Crippen molar-refractivity contribution in [1.82, 2.24) is 19.7 Å². The van der Waals surface area contributed by atoms with Gasteiger partial charge in [0.15, 0.2) is 0 Å². The van der Waals surface area contributed by atoms with Crippen LogP contribution in [0.3, 0.4) is 0 Å². The summed E-state index contributed by atoms with van der Waals surface area (Å²) in [4.78, 5) is 23.8. The smallest absolute Gasteiger partial charge is 0.239 e. The number of aryl methyl sites for hydroxylation is 1. The highest BCUT2D eigenvalue weighted by molar-refractivity contribution is 5.81. The van der Waals surface area contributed by atoms with Crippen LogP contribution in [0.4, 0.5) is 0 Å². The van der Waals surface area contributed by atoms with Crippen molar-refractivity contribution in [1.29, 1.82) is 0 Å². The van der Waals surface area contributed by atoms with Gasteiger partial charge in [0, 0.05) is 39.3 Å². The predicted molar refractivity (Wildman–Crippen MR) is 92.6 cm³/mol. The second-order valence-electron chi connectivity index (χ2n) is 7.09. The molecular weight excluding hydrogens is 304 g/mol. The Morgan fingerprint density at radius 2 is 1.79 bits per heavy atom. The molecule has 0 aliphatic carbocycles. The second kappa shape index (κ2) is 8.12. The molecule has 6 heteroatoms. The fourth-order valence-electron chi connectivity index (χ4n) is 3.69. The maximum absolute atomic E-state index is 12.8. The lowest BCUT2D eigenvalue weighted by atomic mass is 10.2. The molecule has 2 saturated heterocycles. The molecule has 0 aromatic carbocycles. The first-order chi connectivity index (χ1) is 11.6. The van der Waals surface area contributed by atoms with Gasteiger partial charge in [0.25, 0.3) is 0 Å². The third kappa shape index (κ3) is 4.36. The van der Waals surface area contributed by atoms with Crippen LogP contribution in [0, 0.1) is 6.92 Å². The van der Waals surface area contributed by atoms with Crippen LogP contribution in [0.5, 0.6) is 0 Å². The van der Waals surface area contributed by atoms with Gasteiger partial charge in [0.2, 0.25) is 11.8 Å². The molecule has 1 amide bonds. The minimum atomic E-state index is -0.00534. The Bertz CT molecular complexity index is 529. The maximum Gasteiger partial charge on any atom is 0.239 e. The fourth-order valence-corrected chi connectivity index (χ4v) is 3.69. The average molecular weight is 334 g/mol. The average Bonchev–Trinajstić information content (AvgIpc) is 2.84. The second-order valence-corrected chi connectivity index (χ2v) is 7.09. The molecule has 1 aromatic rings. The van der Waals surface area contributed by atoms with Crippen molar-refractivity contribution in [3.05, 3.63) is 17.8 Å². The van der Waals surface area contributed by atoms with Crippen molar-refractivity contribution >= 4 is 5.91 Å². The molecule has 0 bridgehead atoms. The van der Waals surface area contributed by atoms with E-state index < -0.39 is 0 Å². The van der Waals surface area contributed by atoms with Crippen LogP contribution in [0.25, 0.3) is 0 Å². The van der Waals surface area contributed by atoms with E-state index in [2.05, 4.69) is 26.6 Å². The molecule has 24 heavy (non-hydrogen) atoms. The zero-order chi connectivity index (χ0) is 16.9. The quantitative estimate of drug-likeness (QED) is 0.842. The lowest BCUT2D eigenvalue weighted by Gasteiger charge is -2.38. The molecule has 134 valence electrons. The van der Waals surface area contributed by atoms with E-state index in [-0.39, 0.29) is 6.04 Å². The third-order valence-electron chi connectivity index (χ3n) is 5.26. The number of carbonyl (C=O) groups is 1. The summed E-state index contributed by atoms with van der Waals surface area (Å²) >= 11 is 0. The first-order valence-corrected chi connectivity index (χ1v) is 9.30. The lowest BCUT2D eigenvalue weighted by Crippen LogP contribution is -2.54. The summed E-state index contributed by atoms with van der Waals surface area (Å²) < 4.78 is 5.56. The summed E-state index contributed by atoms with van der Waals surface area (Å²) in [7, 11) is 0. The van der Waals surface area contributed by atoms with Crippen LogP contribution in [0.15, 0.2) is 10.6 Å². The van der Waals surface area contributed by atoms with Gasteiger partial charge >= 0.3 is 0 Å². The SMILES string of the molecule is Cc1cnc(CN2CCN([C@@H](C)C(=O)N3CCCCCC3)CC2)o1. The fraction of sp³-hybridized carbons (Fsp3) is 0.778. The Hall–Kier alpha value is -1.40. The number of nitrogens with zero attached hydrogens (tertiary/aromatic N) is 4. The molecule has 0 radical (unpaired) electrons. The molecule has 6 nitrogen and oxygen atoms in total. The van der Waals surface area contributed by atoms with Gasteiger partial charge in [-0.25, -0.2) is 4.98 Å². The first-order valence-electron chi connectivity index (χ1n) is 9.30. The summed E-state index contributed by atoms with van der Waals surface area (Å²) in [6, 6.07) is -0.00534. The molecule has 2 aliphatic heterocycles. The van der Waals surface area contributed by atoms with Crippen molar-refractivity contribution in [2.45, 2.75) is 52.1 Å². The highest BCUT2D eigenvalue weighted by atomic mass is 16.4. The maximum atomic E-state index is 12.8. The molecule has 0 unspecified atom stereocenters. The number of carbonyl (C=O) groups excluding carboxylic acids is 1. The van der Waals surface area contributed by atoms with Gasteiger partial charge in [-0.3, -0.25) is 14.6 Å². The molecule has 3 rings (SSSR count). The van der Waals surface area contributed by atoms with Crippen LogP contribution >= 0.6 is 0 Å². The van der Waals surface area contributed by atoms with Gasteiger partial charge in [0.1, 0.15) is 5.76 Å². The highest BCUT2D eigenvalue weighted by Gasteiger charge is 2.29. The Kier molecular flexibility index (Phi) is 5.89. The normalized spacial score (nSPS) is 22.3. The van der Waals surface area contributed by atoms with Crippen LogP contribution in [-0.2, 0) is 11.3 Å². The third-order valence-corrected chi connectivity index (χ3v) is 5.26. The Labute approximate surface area is 144 Å². The zero-order valence-corrected chi connectivity index (χ0v) is 15.0. The largest absolute Gasteiger partial charge is 0.445 e. The summed E-state index contributed by atoms with van der Waals surface area (Å²) in [6.45, 7) is 10.4. The van der Waals surface area contributed by atoms with Crippen molar-refractivity contribution < 1.29 is 9.21 Å². The Balaban J connectivity index is 1.47. The molecular formula is C18H30N4O2. The van der Waals surface area contributed by atoms with E-state index in [1.807, 2.05) is 6.92 Å². The molecule has 2 aliphatic rings. The van der Waals surface area contributed by atoms with Crippen LogP contribution in [0.2, 0.25) is 0 Å². The van der Waals surface area contributed by atoms with E-state index in [1.54, 1.807) is 6.20 Å². The van der Waals surface area contributed by atoms with Crippen molar-refractivity contribution in [3.63, 3.8) is 0 Å². The van der Waals surface area contributed by atoms with E-state index in [0.29, 0.717) is 5.91 Å². The van der Waals surface area contributed by atoms with Gasteiger partial charge in [0.05, 0.1) is 18.8 Å². The minimum absolute atomic E-state index is 0.00534. The number of hydrogen-bond donors (Lipinski definition) is 0. The number of rotatable bonds is 4. The van der Waals surface area contributed by atoms with Crippen LogP contribution in [-0.4, -0.2) is 70.9 Å². The molecule has 1 atom stereocenters. The van der Waals surface area contributed by atoms with E-state index in [1.165, 1.54) is 12.8 Å². The summed E-state index contributed by atoms with van der Waals surface area (Å²) in [5.41, 5.74) is 0. The number of aromatic nitrogens is 1. The van der Waals surface area contributed by atoms with Gasteiger partial charge in [-0.1, -0.05) is 12.8 Å². The first kappa shape index (κ1) is 17.4. The van der Waals surface area contributed by atoms with Gasteiger partial charge in [-0.15, -0.1) is 0 Å². The van der Waals surface area contributed by atoms with Crippen molar-refractivity contribution in [2.75, 3.05) is 39.3 Å². The zero-order valence-electron chi connectivity index (χ0n) is 15.0. The van der Waals surface area contributed by atoms with E-state index in [4.69, 9.17) is 4.42 Å². The van der Waals surface area contributed by atoms with Crippen molar-refractivity contribution in [3.8, 4) is 0 Å². The summed E-state index contributed by atoms with van der Waals surface area (Å²) in [5.74, 6) is 1.96. The van der Waals surface area contributed by atoms with Gasteiger partial charge < -0.3 is 9.32 Å². The molecule has 0 saturated carbocycles. The predicted octanol–water partition coefficient (Wildman–Crippen LogP) is 1.89. The molecule has 0 spiro atoms. The van der Waals surface area contributed by atoms with Gasteiger partial charge in [-0.05, 0) is 26.7 Å². The monoisotopic (exact) mass is 334 g/mol. The summed E-state index contributed by atoms with van der Waals surface area (Å²) in [6.07, 6.45) is 6.60. The topological polar surface area (TPSA) is 52.8 Å². The van der Waals surface area contributed by atoms with Crippen molar-refractivity contribution in [2.24, 2.45) is 0 Å². The molecule has 0 N–H and O–H groups in total. The van der Waals surface area contributed by atoms with Gasteiger partial charge in [-0.2, -0.15) is 0 Å². The van der Waals surface area contributed by atoms with E-state index in [9.17, 15) is 4.79 Å².